The van der Waals surface area contributed by atoms with Gasteiger partial charge in [-0.15, -0.1) is 0 Å². The predicted octanol–water partition coefficient (Wildman–Crippen LogP) is 1.13. The molecule has 1 aromatic carbocycles. The summed E-state index contributed by atoms with van der Waals surface area (Å²) in [6.45, 7) is 2.53. The van der Waals surface area contributed by atoms with Gasteiger partial charge in [0.1, 0.15) is 4.99 Å². The number of piperazine rings is 1. The molecule has 2 aliphatic rings. The fraction of sp³-hybridized carbons (Fsp3) is 0.429. The monoisotopic (exact) mass is 275 g/mol. The summed E-state index contributed by atoms with van der Waals surface area (Å²) in [4.78, 5) is 16.4. The Morgan fingerprint density at radius 2 is 2.11 bits per heavy atom. The zero-order valence-corrected chi connectivity index (χ0v) is 11.5. The average molecular weight is 275 g/mol. The highest BCUT2D eigenvalue weighted by Crippen LogP contribution is 2.28. The van der Waals surface area contributed by atoms with Gasteiger partial charge in [-0.1, -0.05) is 24.4 Å². The lowest BCUT2D eigenvalue weighted by molar-refractivity contribution is -0.129. The van der Waals surface area contributed by atoms with Crippen LogP contribution in [-0.4, -0.2) is 41.5 Å². The van der Waals surface area contributed by atoms with Gasteiger partial charge in [-0.25, -0.2) is 0 Å². The normalized spacial score (nSPS) is 22.5. The lowest BCUT2D eigenvalue weighted by Gasteiger charge is -2.39. The van der Waals surface area contributed by atoms with E-state index in [2.05, 4.69) is 11.0 Å². The molecule has 2 heterocycles. The topological polar surface area (TPSA) is 49.6 Å². The molecule has 0 radical (unpaired) electrons. The van der Waals surface area contributed by atoms with Gasteiger partial charge in [-0.05, 0) is 18.6 Å². The largest absolute Gasteiger partial charge is 0.389 e. The number of nitrogens with two attached hydrogens (primary N) is 1. The third-order valence-electron chi connectivity index (χ3n) is 4.00. The summed E-state index contributed by atoms with van der Waals surface area (Å²) in [5.41, 5.74) is 7.81. The highest BCUT2D eigenvalue weighted by molar-refractivity contribution is 7.80. The second kappa shape index (κ2) is 4.81. The SMILES string of the molecule is NC(=S)c1ccccc1N1CCN2C(=O)CCC2C1. The van der Waals surface area contributed by atoms with Crippen LogP contribution < -0.4 is 10.6 Å². The van der Waals surface area contributed by atoms with Crippen molar-refractivity contribution in [2.75, 3.05) is 24.5 Å². The minimum absolute atomic E-state index is 0.298. The van der Waals surface area contributed by atoms with E-state index in [4.69, 9.17) is 18.0 Å². The number of anilines is 1. The Labute approximate surface area is 118 Å². The molecule has 2 saturated heterocycles. The molecule has 19 heavy (non-hydrogen) atoms. The van der Waals surface area contributed by atoms with Crippen molar-refractivity contribution in [1.82, 2.24) is 4.90 Å². The van der Waals surface area contributed by atoms with E-state index in [1.54, 1.807) is 0 Å². The van der Waals surface area contributed by atoms with Gasteiger partial charge in [0.15, 0.2) is 0 Å². The molecular formula is C14H17N3OS. The molecule has 1 amide bonds. The summed E-state index contributed by atoms with van der Waals surface area (Å²) < 4.78 is 0. The highest BCUT2D eigenvalue weighted by atomic mass is 32.1. The first-order valence-corrected chi connectivity index (χ1v) is 7.01. The molecular weight excluding hydrogens is 258 g/mol. The summed E-state index contributed by atoms with van der Waals surface area (Å²) in [5, 5.41) is 0. The second-order valence-corrected chi connectivity index (χ2v) is 5.55. The lowest BCUT2D eigenvalue weighted by Crippen LogP contribution is -2.51. The molecule has 1 aromatic rings. The van der Waals surface area contributed by atoms with Crippen molar-refractivity contribution in [2.45, 2.75) is 18.9 Å². The maximum absolute atomic E-state index is 11.7. The molecule has 0 saturated carbocycles. The van der Waals surface area contributed by atoms with Crippen molar-refractivity contribution in [2.24, 2.45) is 5.73 Å². The van der Waals surface area contributed by atoms with Gasteiger partial charge in [-0.3, -0.25) is 4.79 Å². The standard InChI is InChI=1S/C14H17N3OS/c15-14(19)11-3-1-2-4-12(11)16-7-8-17-10(9-16)5-6-13(17)18/h1-4,10H,5-9H2,(H2,15,19). The molecule has 3 rings (SSSR count). The number of hydrogen-bond donors (Lipinski definition) is 1. The number of carbonyl (C=O) groups is 1. The van der Waals surface area contributed by atoms with E-state index in [1.165, 1.54) is 0 Å². The molecule has 2 aliphatic heterocycles. The van der Waals surface area contributed by atoms with E-state index < -0.39 is 0 Å². The number of carbonyl (C=O) groups excluding carboxylic acids is 1. The van der Waals surface area contributed by atoms with Crippen LogP contribution in [0.2, 0.25) is 0 Å². The van der Waals surface area contributed by atoms with Crippen LogP contribution >= 0.6 is 12.2 Å². The first kappa shape index (κ1) is 12.4. The number of benzene rings is 1. The van der Waals surface area contributed by atoms with Crippen LogP contribution in [0.1, 0.15) is 18.4 Å². The molecule has 0 bridgehead atoms. The summed E-state index contributed by atoms with van der Waals surface area (Å²) in [6.07, 6.45) is 1.65. The van der Waals surface area contributed by atoms with E-state index in [9.17, 15) is 4.79 Å². The van der Waals surface area contributed by atoms with E-state index in [1.807, 2.05) is 23.1 Å². The third-order valence-corrected chi connectivity index (χ3v) is 4.22. The predicted molar refractivity (Wildman–Crippen MR) is 79.3 cm³/mol. The van der Waals surface area contributed by atoms with Crippen molar-refractivity contribution in [3.05, 3.63) is 29.8 Å². The van der Waals surface area contributed by atoms with Gasteiger partial charge in [0.2, 0.25) is 5.91 Å². The smallest absolute Gasteiger partial charge is 0.223 e. The van der Waals surface area contributed by atoms with Gasteiger partial charge in [0.25, 0.3) is 0 Å². The zero-order chi connectivity index (χ0) is 13.4. The maximum Gasteiger partial charge on any atom is 0.223 e. The Morgan fingerprint density at radius 1 is 1.32 bits per heavy atom. The molecule has 1 unspecified atom stereocenters. The first-order valence-electron chi connectivity index (χ1n) is 6.60. The van der Waals surface area contributed by atoms with E-state index >= 15 is 0 Å². The zero-order valence-electron chi connectivity index (χ0n) is 10.7. The molecule has 0 spiro atoms. The van der Waals surface area contributed by atoms with Crippen LogP contribution in [-0.2, 0) is 4.79 Å². The van der Waals surface area contributed by atoms with Gasteiger partial charge < -0.3 is 15.5 Å². The highest BCUT2D eigenvalue weighted by Gasteiger charge is 2.35. The Morgan fingerprint density at radius 3 is 2.89 bits per heavy atom. The number of amides is 1. The van der Waals surface area contributed by atoms with Crippen LogP contribution in [0.4, 0.5) is 5.69 Å². The summed E-state index contributed by atoms with van der Waals surface area (Å²) in [7, 11) is 0. The maximum atomic E-state index is 11.7. The minimum atomic E-state index is 0.298. The molecule has 2 N–H and O–H groups in total. The number of rotatable bonds is 2. The fourth-order valence-corrected chi connectivity index (χ4v) is 3.21. The number of nitrogens with zero attached hydrogens (tertiary/aromatic N) is 2. The Kier molecular flexibility index (Phi) is 3.14. The molecule has 5 heteroatoms. The third kappa shape index (κ3) is 2.18. The summed E-state index contributed by atoms with van der Waals surface area (Å²) >= 11 is 5.12. The van der Waals surface area contributed by atoms with Crippen molar-refractivity contribution in [1.29, 1.82) is 0 Å². The van der Waals surface area contributed by atoms with Crippen LogP contribution in [0.3, 0.4) is 0 Å². The van der Waals surface area contributed by atoms with Crippen molar-refractivity contribution >= 4 is 28.8 Å². The molecule has 2 fully saturated rings. The Hall–Kier alpha value is -1.62. The summed E-state index contributed by atoms with van der Waals surface area (Å²) in [5.74, 6) is 0.298. The van der Waals surface area contributed by atoms with Crippen molar-refractivity contribution in [3.8, 4) is 0 Å². The Balaban J connectivity index is 1.85. The van der Waals surface area contributed by atoms with Crippen molar-refractivity contribution < 1.29 is 4.79 Å². The molecule has 4 nitrogen and oxygen atoms in total. The Bertz CT molecular complexity index is 531. The van der Waals surface area contributed by atoms with Gasteiger partial charge in [0.05, 0.1) is 0 Å². The average Bonchev–Trinajstić information content (AvgIpc) is 2.80. The molecule has 100 valence electrons. The lowest BCUT2D eigenvalue weighted by atomic mass is 10.1. The molecule has 1 atom stereocenters. The quantitative estimate of drug-likeness (QED) is 0.822. The number of thiocarbonyl (C=S) groups is 1. The fourth-order valence-electron chi connectivity index (χ4n) is 3.04. The van der Waals surface area contributed by atoms with Crippen molar-refractivity contribution in [3.63, 3.8) is 0 Å². The molecule has 0 aromatic heterocycles. The first-order chi connectivity index (χ1) is 9.16. The van der Waals surface area contributed by atoms with Crippen LogP contribution in [0.5, 0.6) is 0 Å². The van der Waals surface area contributed by atoms with E-state index in [0.29, 0.717) is 23.4 Å². The summed E-state index contributed by atoms with van der Waals surface area (Å²) in [6, 6.07) is 8.32. The molecule has 0 aliphatic carbocycles. The van der Waals surface area contributed by atoms with E-state index in [-0.39, 0.29) is 0 Å². The van der Waals surface area contributed by atoms with Gasteiger partial charge >= 0.3 is 0 Å². The van der Waals surface area contributed by atoms with Gasteiger partial charge in [0, 0.05) is 43.3 Å². The number of para-hydroxylation sites is 1. The second-order valence-electron chi connectivity index (χ2n) is 5.11. The van der Waals surface area contributed by atoms with Gasteiger partial charge in [-0.2, -0.15) is 0 Å². The number of fused-ring (bicyclic) bond motifs is 1. The van der Waals surface area contributed by atoms with Crippen LogP contribution in [0.15, 0.2) is 24.3 Å². The van der Waals surface area contributed by atoms with Crippen LogP contribution in [0.25, 0.3) is 0 Å². The van der Waals surface area contributed by atoms with Crippen LogP contribution in [0, 0.1) is 0 Å². The minimum Gasteiger partial charge on any atom is -0.389 e. The van der Waals surface area contributed by atoms with E-state index in [0.717, 1.165) is 37.3 Å². The number of hydrogen-bond acceptors (Lipinski definition) is 3.